The van der Waals surface area contributed by atoms with Gasteiger partial charge in [0.05, 0.1) is 12.8 Å². The van der Waals surface area contributed by atoms with Gasteiger partial charge in [0, 0.05) is 10.7 Å². The highest BCUT2D eigenvalue weighted by Gasteiger charge is 2.10. The molecule has 0 fully saturated rings. The molecule has 188 valence electrons. The van der Waals surface area contributed by atoms with Crippen LogP contribution in [0.3, 0.4) is 0 Å². The molecule has 4 aromatic rings. The molecule has 0 aliphatic carbocycles. The second-order valence-corrected chi connectivity index (χ2v) is 8.53. The van der Waals surface area contributed by atoms with E-state index in [9.17, 15) is 9.59 Å². The normalized spacial score (nSPS) is 10.9. The minimum atomic E-state index is -0.546. The molecule has 8 heteroatoms. The fourth-order valence-electron chi connectivity index (χ4n) is 3.70. The largest absolute Gasteiger partial charge is 0.490 e. The molecule has 0 radical (unpaired) electrons. The summed E-state index contributed by atoms with van der Waals surface area (Å²) in [7, 11) is 0. The van der Waals surface area contributed by atoms with Crippen molar-refractivity contribution in [3.63, 3.8) is 0 Å². The SMILES string of the molecule is CCOc1cc(C=NNC(=O)CC(=O)Nc2cccc(Cl)c2)ccc1OCc1cccc2ccccc12. The summed E-state index contributed by atoms with van der Waals surface area (Å²) < 4.78 is 11.9. The smallest absolute Gasteiger partial charge is 0.249 e. The second kappa shape index (κ2) is 12.6. The van der Waals surface area contributed by atoms with E-state index in [1.54, 1.807) is 36.4 Å². The fourth-order valence-corrected chi connectivity index (χ4v) is 3.89. The third-order valence-corrected chi connectivity index (χ3v) is 5.60. The third kappa shape index (κ3) is 7.32. The summed E-state index contributed by atoms with van der Waals surface area (Å²) in [6, 6.07) is 26.4. The minimum Gasteiger partial charge on any atom is -0.490 e. The Morgan fingerprint density at radius 1 is 0.892 bits per heavy atom. The number of fused-ring (bicyclic) bond motifs is 1. The molecule has 0 bridgehead atoms. The summed E-state index contributed by atoms with van der Waals surface area (Å²) in [5, 5.41) is 9.36. The molecule has 7 nitrogen and oxygen atoms in total. The van der Waals surface area contributed by atoms with Crippen molar-refractivity contribution >= 4 is 46.1 Å². The molecule has 0 atom stereocenters. The zero-order valence-electron chi connectivity index (χ0n) is 20.2. The van der Waals surface area contributed by atoms with E-state index in [4.69, 9.17) is 21.1 Å². The molecule has 0 spiro atoms. The Morgan fingerprint density at radius 3 is 2.54 bits per heavy atom. The zero-order valence-corrected chi connectivity index (χ0v) is 21.0. The number of ether oxygens (including phenoxy) is 2. The topological polar surface area (TPSA) is 89.0 Å². The zero-order chi connectivity index (χ0) is 26.0. The van der Waals surface area contributed by atoms with Gasteiger partial charge in [0.2, 0.25) is 11.8 Å². The molecule has 0 unspecified atom stereocenters. The molecule has 0 saturated heterocycles. The first kappa shape index (κ1) is 25.7. The summed E-state index contributed by atoms with van der Waals surface area (Å²) in [6.07, 6.45) is 1.10. The van der Waals surface area contributed by atoms with Gasteiger partial charge in [0.25, 0.3) is 0 Å². The molecule has 2 amide bonds. The van der Waals surface area contributed by atoms with Gasteiger partial charge in [-0.25, -0.2) is 5.43 Å². The number of anilines is 1. The Kier molecular flexibility index (Phi) is 8.73. The Balaban J connectivity index is 1.34. The van der Waals surface area contributed by atoms with Crippen LogP contribution in [0, 0.1) is 0 Å². The standard InChI is InChI=1S/C29H26ClN3O4/c1-2-36-27-15-20(18-31-33-29(35)17-28(34)32-24-11-6-10-23(30)16-24)13-14-26(27)37-19-22-9-5-8-21-7-3-4-12-25(21)22/h3-16,18H,2,17,19H2,1H3,(H,32,34)(H,33,35). The number of hydrogen-bond donors (Lipinski definition) is 2. The first-order valence-corrected chi connectivity index (χ1v) is 12.1. The van der Waals surface area contributed by atoms with Crippen molar-refractivity contribution in [1.29, 1.82) is 0 Å². The van der Waals surface area contributed by atoms with Crippen LogP contribution in [0.5, 0.6) is 11.5 Å². The minimum absolute atomic E-state index is 0.380. The van der Waals surface area contributed by atoms with E-state index in [0.717, 1.165) is 16.3 Å². The molecular weight excluding hydrogens is 490 g/mol. The quantitative estimate of drug-likeness (QED) is 0.155. The van der Waals surface area contributed by atoms with Crippen LogP contribution < -0.4 is 20.2 Å². The molecule has 0 heterocycles. The summed E-state index contributed by atoms with van der Waals surface area (Å²) in [4.78, 5) is 24.1. The monoisotopic (exact) mass is 515 g/mol. The van der Waals surface area contributed by atoms with Gasteiger partial charge >= 0.3 is 0 Å². The highest BCUT2D eigenvalue weighted by atomic mass is 35.5. The number of carbonyl (C=O) groups is 2. The maximum absolute atomic E-state index is 12.1. The third-order valence-electron chi connectivity index (χ3n) is 5.36. The first-order chi connectivity index (χ1) is 18.0. The first-order valence-electron chi connectivity index (χ1n) is 11.8. The number of nitrogens with one attached hydrogen (secondary N) is 2. The van der Waals surface area contributed by atoms with E-state index in [-0.39, 0.29) is 6.42 Å². The van der Waals surface area contributed by atoms with Gasteiger partial charge in [-0.3, -0.25) is 9.59 Å². The van der Waals surface area contributed by atoms with E-state index in [2.05, 4.69) is 34.0 Å². The lowest BCUT2D eigenvalue weighted by Gasteiger charge is -2.13. The van der Waals surface area contributed by atoms with E-state index in [1.165, 1.54) is 6.21 Å². The number of carbonyl (C=O) groups excluding carboxylic acids is 2. The molecule has 37 heavy (non-hydrogen) atoms. The number of hydrazone groups is 1. The van der Waals surface area contributed by atoms with Crippen LogP contribution in [0.2, 0.25) is 5.02 Å². The lowest BCUT2D eigenvalue weighted by atomic mass is 10.1. The number of hydrogen-bond acceptors (Lipinski definition) is 5. The van der Waals surface area contributed by atoms with Crippen molar-refractivity contribution in [2.24, 2.45) is 5.10 Å². The van der Waals surface area contributed by atoms with E-state index in [0.29, 0.717) is 41.0 Å². The molecule has 0 aromatic heterocycles. The molecule has 4 rings (SSSR count). The van der Waals surface area contributed by atoms with Crippen molar-refractivity contribution in [3.8, 4) is 11.5 Å². The van der Waals surface area contributed by atoms with Gasteiger partial charge in [-0.1, -0.05) is 60.1 Å². The lowest BCUT2D eigenvalue weighted by Crippen LogP contribution is -2.24. The van der Waals surface area contributed by atoms with Gasteiger partial charge in [-0.2, -0.15) is 5.10 Å². The maximum atomic E-state index is 12.1. The van der Waals surface area contributed by atoms with E-state index < -0.39 is 11.8 Å². The molecule has 0 saturated carbocycles. The summed E-state index contributed by atoms with van der Waals surface area (Å²) in [6.45, 7) is 2.75. The fraction of sp³-hybridized carbons (Fsp3) is 0.138. The van der Waals surface area contributed by atoms with Crippen molar-refractivity contribution in [2.75, 3.05) is 11.9 Å². The van der Waals surface area contributed by atoms with Gasteiger partial charge < -0.3 is 14.8 Å². The van der Waals surface area contributed by atoms with Crippen LogP contribution >= 0.6 is 11.6 Å². The van der Waals surface area contributed by atoms with E-state index >= 15 is 0 Å². The van der Waals surface area contributed by atoms with Gasteiger partial charge in [-0.05, 0) is 65.2 Å². The summed E-state index contributed by atoms with van der Waals surface area (Å²) in [5.41, 5.74) is 4.65. The Bertz CT molecular complexity index is 1430. The van der Waals surface area contributed by atoms with Crippen LogP contribution in [-0.2, 0) is 16.2 Å². The maximum Gasteiger partial charge on any atom is 0.249 e. The summed E-state index contributed by atoms with van der Waals surface area (Å²) in [5.74, 6) is 0.157. The van der Waals surface area contributed by atoms with Gasteiger partial charge in [-0.15, -0.1) is 0 Å². The number of nitrogens with zero attached hydrogens (tertiary/aromatic N) is 1. The summed E-state index contributed by atoms with van der Waals surface area (Å²) >= 11 is 5.90. The number of benzene rings is 4. The second-order valence-electron chi connectivity index (χ2n) is 8.09. The predicted octanol–water partition coefficient (Wildman–Crippen LogP) is 5.95. The molecular formula is C29H26ClN3O4. The van der Waals surface area contributed by atoms with Gasteiger partial charge in [0.15, 0.2) is 11.5 Å². The Hall–Kier alpha value is -4.36. The average Bonchev–Trinajstić information content (AvgIpc) is 2.88. The van der Waals surface area contributed by atoms with Crippen molar-refractivity contribution in [2.45, 2.75) is 20.0 Å². The number of halogens is 1. The highest BCUT2D eigenvalue weighted by molar-refractivity contribution is 6.30. The van der Waals surface area contributed by atoms with Crippen molar-refractivity contribution < 1.29 is 19.1 Å². The predicted molar refractivity (Wildman–Crippen MR) is 146 cm³/mol. The van der Waals surface area contributed by atoms with E-state index in [1.807, 2.05) is 37.3 Å². The number of amides is 2. The molecule has 4 aromatic carbocycles. The molecule has 0 aliphatic rings. The van der Waals surface area contributed by atoms with Crippen LogP contribution in [0.25, 0.3) is 10.8 Å². The van der Waals surface area contributed by atoms with Crippen molar-refractivity contribution in [1.82, 2.24) is 5.43 Å². The molecule has 2 N–H and O–H groups in total. The Labute approximate surface area is 220 Å². The number of rotatable bonds is 10. The van der Waals surface area contributed by atoms with Crippen LogP contribution in [0.1, 0.15) is 24.5 Å². The lowest BCUT2D eigenvalue weighted by molar-refractivity contribution is -0.126. The molecule has 0 aliphatic heterocycles. The Morgan fingerprint density at radius 2 is 1.70 bits per heavy atom. The van der Waals surface area contributed by atoms with Crippen molar-refractivity contribution in [3.05, 3.63) is 101 Å². The average molecular weight is 516 g/mol. The van der Waals surface area contributed by atoms with Crippen LogP contribution in [0.4, 0.5) is 5.69 Å². The van der Waals surface area contributed by atoms with Crippen LogP contribution in [0.15, 0.2) is 90.0 Å². The van der Waals surface area contributed by atoms with Crippen LogP contribution in [-0.4, -0.2) is 24.6 Å². The highest BCUT2D eigenvalue weighted by Crippen LogP contribution is 2.30. The van der Waals surface area contributed by atoms with Gasteiger partial charge in [0.1, 0.15) is 13.0 Å².